The van der Waals surface area contributed by atoms with Crippen molar-refractivity contribution >= 4 is 15.9 Å². The van der Waals surface area contributed by atoms with Gasteiger partial charge in [0.15, 0.2) is 6.61 Å². The minimum atomic E-state index is -3.62. The molecule has 0 aliphatic rings. The Bertz CT molecular complexity index is 864. The lowest BCUT2D eigenvalue weighted by Crippen LogP contribution is -2.28. The Morgan fingerprint density at radius 2 is 1.69 bits per heavy atom. The number of amides is 1. The molecule has 140 valence electrons. The number of hydrogen-bond donors (Lipinski definition) is 0. The Hall–Kier alpha value is -2.38. The molecule has 0 fully saturated rings. The molecule has 0 atom stereocenters. The first-order chi connectivity index (χ1) is 12.2. The van der Waals surface area contributed by atoms with Gasteiger partial charge in [0.05, 0.1) is 4.90 Å². The lowest BCUT2D eigenvalue weighted by Gasteiger charge is -2.18. The van der Waals surface area contributed by atoms with Gasteiger partial charge in [-0.2, -0.15) is 4.31 Å². The summed E-state index contributed by atoms with van der Waals surface area (Å²) in [5.74, 6) is 0.327. The van der Waals surface area contributed by atoms with Gasteiger partial charge in [0.25, 0.3) is 5.91 Å². The predicted octanol–water partition coefficient (Wildman–Crippen LogP) is 2.28. The number of carbonyl (C=O) groups excluding carboxylic acids is 1. The van der Waals surface area contributed by atoms with Gasteiger partial charge < -0.3 is 9.64 Å². The van der Waals surface area contributed by atoms with Crippen LogP contribution < -0.4 is 4.74 Å². The second-order valence-corrected chi connectivity index (χ2v) is 8.30. The molecular weight excluding hydrogens is 352 g/mol. The van der Waals surface area contributed by atoms with Crippen LogP contribution >= 0.6 is 0 Å². The second-order valence-electron chi connectivity index (χ2n) is 6.25. The zero-order valence-corrected chi connectivity index (χ0v) is 16.3. The SMILES string of the molecule is Cc1cc(S(=O)(=O)N(C)Cc2ccccc2)ccc1OCC(=O)N(C)C. The van der Waals surface area contributed by atoms with Gasteiger partial charge in [0.2, 0.25) is 10.0 Å². The molecule has 0 bridgehead atoms. The van der Waals surface area contributed by atoms with Crippen molar-refractivity contribution in [1.82, 2.24) is 9.21 Å². The minimum Gasteiger partial charge on any atom is -0.483 e. The number of aryl methyl sites for hydroxylation is 1. The van der Waals surface area contributed by atoms with Crippen LogP contribution in [0.25, 0.3) is 0 Å². The van der Waals surface area contributed by atoms with Crippen molar-refractivity contribution in [3.8, 4) is 5.75 Å². The molecule has 7 heteroatoms. The highest BCUT2D eigenvalue weighted by Gasteiger charge is 2.22. The zero-order valence-electron chi connectivity index (χ0n) is 15.5. The van der Waals surface area contributed by atoms with Crippen LogP contribution in [-0.4, -0.2) is 51.3 Å². The van der Waals surface area contributed by atoms with Crippen LogP contribution in [0.1, 0.15) is 11.1 Å². The molecule has 0 saturated carbocycles. The minimum absolute atomic E-state index is 0.0894. The summed E-state index contributed by atoms with van der Waals surface area (Å²) in [6, 6.07) is 14.1. The lowest BCUT2D eigenvalue weighted by atomic mass is 10.2. The van der Waals surface area contributed by atoms with Crippen molar-refractivity contribution < 1.29 is 17.9 Å². The van der Waals surface area contributed by atoms with Crippen LogP contribution in [0.4, 0.5) is 0 Å². The maximum Gasteiger partial charge on any atom is 0.259 e. The fourth-order valence-corrected chi connectivity index (χ4v) is 3.56. The topological polar surface area (TPSA) is 66.9 Å². The Kier molecular flexibility index (Phi) is 6.39. The van der Waals surface area contributed by atoms with E-state index in [9.17, 15) is 13.2 Å². The summed E-state index contributed by atoms with van der Waals surface area (Å²) in [6.07, 6.45) is 0. The van der Waals surface area contributed by atoms with Crippen LogP contribution in [0.5, 0.6) is 5.75 Å². The van der Waals surface area contributed by atoms with E-state index in [1.54, 1.807) is 40.2 Å². The Morgan fingerprint density at radius 3 is 2.27 bits per heavy atom. The summed E-state index contributed by atoms with van der Waals surface area (Å²) in [6.45, 7) is 1.96. The highest BCUT2D eigenvalue weighted by Crippen LogP contribution is 2.24. The molecule has 0 spiro atoms. The van der Waals surface area contributed by atoms with Gasteiger partial charge in [-0.25, -0.2) is 8.42 Å². The van der Waals surface area contributed by atoms with E-state index in [1.807, 2.05) is 30.3 Å². The van der Waals surface area contributed by atoms with E-state index < -0.39 is 10.0 Å². The molecule has 6 nitrogen and oxygen atoms in total. The molecule has 0 aliphatic carbocycles. The average molecular weight is 376 g/mol. The monoisotopic (exact) mass is 376 g/mol. The van der Waals surface area contributed by atoms with Gasteiger partial charge in [-0.15, -0.1) is 0 Å². The fourth-order valence-electron chi connectivity index (χ4n) is 2.32. The molecule has 0 radical (unpaired) electrons. The van der Waals surface area contributed by atoms with Crippen LogP contribution in [0.3, 0.4) is 0 Å². The highest BCUT2D eigenvalue weighted by atomic mass is 32.2. The third-order valence-electron chi connectivity index (χ3n) is 3.95. The van der Waals surface area contributed by atoms with Crippen molar-refractivity contribution in [2.24, 2.45) is 0 Å². The number of sulfonamides is 1. The van der Waals surface area contributed by atoms with Crippen molar-refractivity contribution in [2.75, 3.05) is 27.7 Å². The fraction of sp³-hybridized carbons (Fsp3) is 0.316. The predicted molar refractivity (Wildman–Crippen MR) is 100 cm³/mol. The van der Waals surface area contributed by atoms with Crippen molar-refractivity contribution in [1.29, 1.82) is 0 Å². The van der Waals surface area contributed by atoms with Crippen LogP contribution in [0, 0.1) is 6.92 Å². The molecule has 2 aromatic carbocycles. The average Bonchev–Trinajstić information content (AvgIpc) is 2.60. The maximum absolute atomic E-state index is 12.8. The number of rotatable bonds is 7. The number of ether oxygens (including phenoxy) is 1. The van der Waals surface area contributed by atoms with Crippen molar-refractivity contribution in [2.45, 2.75) is 18.4 Å². The van der Waals surface area contributed by atoms with Gasteiger partial charge in [-0.3, -0.25) is 4.79 Å². The molecule has 0 aromatic heterocycles. The summed E-state index contributed by atoms with van der Waals surface area (Å²) in [5.41, 5.74) is 1.57. The van der Waals surface area contributed by atoms with Gasteiger partial charge in [-0.05, 0) is 36.2 Å². The molecule has 2 aromatic rings. The van der Waals surface area contributed by atoms with Crippen molar-refractivity contribution in [3.63, 3.8) is 0 Å². The molecule has 1 amide bonds. The molecular formula is C19H24N2O4S. The molecule has 26 heavy (non-hydrogen) atoms. The lowest BCUT2D eigenvalue weighted by molar-refractivity contribution is -0.130. The number of likely N-dealkylation sites (N-methyl/N-ethyl adjacent to an activating group) is 1. The summed E-state index contributed by atoms with van der Waals surface area (Å²) in [4.78, 5) is 13.2. The largest absolute Gasteiger partial charge is 0.483 e. The Morgan fingerprint density at radius 1 is 1.04 bits per heavy atom. The van der Waals surface area contributed by atoms with E-state index in [0.29, 0.717) is 11.3 Å². The first kappa shape index (κ1) is 19.9. The Labute approximate surface area is 155 Å². The smallest absolute Gasteiger partial charge is 0.259 e. The maximum atomic E-state index is 12.8. The van der Waals surface area contributed by atoms with E-state index in [1.165, 1.54) is 15.3 Å². The molecule has 0 heterocycles. The molecule has 0 N–H and O–H groups in total. The van der Waals surface area contributed by atoms with Crippen LogP contribution in [-0.2, 0) is 21.4 Å². The summed E-state index contributed by atoms with van der Waals surface area (Å²) in [5, 5.41) is 0. The second kappa shape index (κ2) is 8.33. The molecule has 0 aliphatic heterocycles. The van der Waals surface area contributed by atoms with Crippen molar-refractivity contribution in [3.05, 3.63) is 59.7 Å². The number of benzene rings is 2. The highest BCUT2D eigenvalue weighted by molar-refractivity contribution is 7.89. The van der Waals surface area contributed by atoms with Gasteiger partial charge >= 0.3 is 0 Å². The van der Waals surface area contributed by atoms with E-state index in [4.69, 9.17) is 4.74 Å². The first-order valence-corrected chi connectivity index (χ1v) is 9.59. The van der Waals surface area contributed by atoms with E-state index in [2.05, 4.69) is 0 Å². The van der Waals surface area contributed by atoms with Gasteiger partial charge in [0.1, 0.15) is 5.75 Å². The van der Waals surface area contributed by atoms with Gasteiger partial charge in [0, 0.05) is 27.7 Å². The van der Waals surface area contributed by atoms with Crippen LogP contribution in [0.2, 0.25) is 0 Å². The number of hydrogen-bond acceptors (Lipinski definition) is 4. The summed E-state index contributed by atoms with van der Waals surface area (Å²) < 4.78 is 32.4. The normalized spacial score (nSPS) is 11.4. The third-order valence-corrected chi connectivity index (χ3v) is 5.75. The zero-order chi connectivity index (χ0) is 19.3. The van der Waals surface area contributed by atoms with Gasteiger partial charge in [-0.1, -0.05) is 30.3 Å². The standard InChI is InChI=1S/C19H24N2O4S/c1-15-12-17(10-11-18(15)25-14-19(22)20(2)3)26(23,24)21(4)13-16-8-6-5-7-9-16/h5-12H,13-14H2,1-4H3. The summed E-state index contributed by atoms with van der Waals surface area (Å²) in [7, 11) is 1.23. The van der Waals surface area contributed by atoms with E-state index >= 15 is 0 Å². The summed E-state index contributed by atoms with van der Waals surface area (Å²) >= 11 is 0. The number of carbonyl (C=O) groups is 1. The number of nitrogens with zero attached hydrogens (tertiary/aromatic N) is 2. The molecule has 0 saturated heterocycles. The first-order valence-electron chi connectivity index (χ1n) is 8.15. The molecule has 2 rings (SSSR count). The third kappa shape index (κ3) is 4.83. The van der Waals surface area contributed by atoms with E-state index in [0.717, 1.165) is 5.56 Å². The quantitative estimate of drug-likeness (QED) is 0.744. The van der Waals surface area contributed by atoms with Crippen LogP contribution in [0.15, 0.2) is 53.4 Å². The molecule has 0 unspecified atom stereocenters. The Balaban J connectivity index is 2.14. The van der Waals surface area contributed by atoms with E-state index in [-0.39, 0.29) is 24.0 Å².